The normalized spacial score (nSPS) is 11.0. The summed E-state index contributed by atoms with van der Waals surface area (Å²) >= 11 is 5.90. The first-order chi connectivity index (χ1) is 12.9. The van der Waals surface area contributed by atoms with Crippen molar-refractivity contribution in [2.75, 3.05) is 12.4 Å². The van der Waals surface area contributed by atoms with Crippen LogP contribution in [-0.2, 0) is 16.0 Å². The van der Waals surface area contributed by atoms with Crippen LogP contribution >= 0.6 is 11.6 Å². The van der Waals surface area contributed by atoms with Gasteiger partial charge in [-0.2, -0.15) is 5.10 Å². The van der Waals surface area contributed by atoms with Crippen LogP contribution in [0.15, 0.2) is 47.6 Å². The van der Waals surface area contributed by atoms with Gasteiger partial charge in [-0.3, -0.25) is 9.59 Å². The number of benzene rings is 2. The second kappa shape index (κ2) is 9.73. The smallest absolute Gasteiger partial charge is 0.244 e. The quantitative estimate of drug-likeness (QED) is 0.561. The molecular weight excluding hydrogens is 366 g/mol. The van der Waals surface area contributed by atoms with Gasteiger partial charge in [0.05, 0.1) is 20.0 Å². The number of rotatable bonds is 7. The molecule has 0 fully saturated rings. The number of hydrazone groups is 1. The molecule has 2 aromatic rings. The van der Waals surface area contributed by atoms with Crippen molar-refractivity contribution in [1.82, 2.24) is 5.43 Å². The van der Waals surface area contributed by atoms with E-state index < -0.39 is 0 Å². The first-order valence-electron chi connectivity index (χ1n) is 8.38. The number of nitrogens with zero attached hydrogens (tertiary/aromatic N) is 1. The number of methoxy groups -OCH3 is 1. The molecule has 0 bridgehead atoms. The Morgan fingerprint density at radius 3 is 2.44 bits per heavy atom. The zero-order valence-electron chi connectivity index (χ0n) is 15.5. The van der Waals surface area contributed by atoms with Crippen LogP contribution in [0.1, 0.15) is 24.5 Å². The van der Waals surface area contributed by atoms with E-state index in [0.717, 1.165) is 16.9 Å². The number of hydrogen-bond donors (Lipinski definition) is 2. The Kier molecular flexibility index (Phi) is 7.37. The molecule has 0 aliphatic rings. The molecule has 0 unspecified atom stereocenters. The summed E-state index contributed by atoms with van der Waals surface area (Å²) in [4.78, 5) is 24.1. The molecule has 142 valence electrons. The lowest BCUT2D eigenvalue weighted by molar-refractivity contribution is -0.120. The van der Waals surface area contributed by atoms with Crippen molar-refractivity contribution in [2.45, 2.75) is 26.7 Å². The molecule has 7 heteroatoms. The Labute approximate surface area is 163 Å². The van der Waals surface area contributed by atoms with E-state index in [0.29, 0.717) is 16.4 Å². The number of carbonyl (C=O) groups excluding carboxylic acids is 2. The first-order valence-corrected chi connectivity index (χ1v) is 8.76. The lowest BCUT2D eigenvalue weighted by Gasteiger charge is -2.09. The molecule has 2 rings (SSSR count). The Morgan fingerprint density at radius 1 is 1.11 bits per heavy atom. The van der Waals surface area contributed by atoms with Gasteiger partial charge in [0, 0.05) is 16.4 Å². The molecule has 0 saturated carbocycles. The minimum Gasteiger partial charge on any atom is -0.497 e. The van der Waals surface area contributed by atoms with Crippen LogP contribution in [0.3, 0.4) is 0 Å². The third-order valence-electron chi connectivity index (χ3n) is 3.77. The van der Waals surface area contributed by atoms with E-state index in [9.17, 15) is 9.59 Å². The predicted octanol–water partition coefficient (Wildman–Crippen LogP) is 3.72. The van der Waals surface area contributed by atoms with Gasteiger partial charge < -0.3 is 10.1 Å². The highest BCUT2D eigenvalue weighted by molar-refractivity contribution is 6.30. The Balaban J connectivity index is 1.83. The number of carbonyl (C=O) groups is 2. The number of hydrogen-bond acceptors (Lipinski definition) is 4. The average molecular weight is 388 g/mol. The van der Waals surface area contributed by atoms with Crippen LogP contribution < -0.4 is 15.5 Å². The number of amides is 2. The summed E-state index contributed by atoms with van der Waals surface area (Å²) in [5.74, 6) is 0.259. The summed E-state index contributed by atoms with van der Waals surface area (Å²) < 4.78 is 5.08. The molecular formula is C20H22ClN3O3. The molecule has 27 heavy (non-hydrogen) atoms. The average Bonchev–Trinajstić information content (AvgIpc) is 2.63. The lowest BCUT2D eigenvalue weighted by atomic mass is 10.1. The van der Waals surface area contributed by atoms with Gasteiger partial charge >= 0.3 is 0 Å². The van der Waals surface area contributed by atoms with Gasteiger partial charge in [0.2, 0.25) is 11.8 Å². The summed E-state index contributed by atoms with van der Waals surface area (Å²) in [6.45, 7) is 3.55. The molecule has 0 atom stereocenters. The van der Waals surface area contributed by atoms with E-state index in [1.165, 1.54) is 0 Å². The maximum absolute atomic E-state index is 12.1. The maximum Gasteiger partial charge on any atom is 0.244 e. The minimum absolute atomic E-state index is 0.0743. The summed E-state index contributed by atoms with van der Waals surface area (Å²) in [5.41, 5.74) is 5.38. The Morgan fingerprint density at radius 2 is 1.81 bits per heavy atom. The second-order valence-corrected chi connectivity index (χ2v) is 6.53. The highest BCUT2D eigenvalue weighted by Crippen LogP contribution is 2.19. The number of anilines is 1. The van der Waals surface area contributed by atoms with Crippen LogP contribution in [0.5, 0.6) is 5.75 Å². The third kappa shape index (κ3) is 6.75. The molecule has 0 saturated heterocycles. The molecule has 0 aromatic heterocycles. The topological polar surface area (TPSA) is 79.8 Å². The summed E-state index contributed by atoms with van der Waals surface area (Å²) in [6, 6.07) is 12.5. The van der Waals surface area contributed by atoms with Crippen molar-refractivity contribution in [1.29, 1.82) is 0 Å². The monoisotopic (exact) mass is 387 g/mol. The Hall–Kier alpha value is -2.86. The van der Waals surface area contributed by atoms with E-state index >= 15 is 0 Å². The van der Waals surface area contributed by atoms with Gasteiger partial charge in [-0.1, -0.05) is 23.7 Å². The molecule has 2 aromatic carbocycles. The van der Waals surface area contributed by atoms with Crippen molar-refractivity contribution < 1.29 is 14.3 Å². The van der Waals surface area contributed by atoms with Crippen molar-refractivity contribution >= 4 is 34.8 Å². The fourth-order valence-corrected chi connectivity index (χ4v) is 2.59. The standard InChI is InChI=1S/C20H22ClN3O3/c1-13-10-16(21)6-9-18(13)22-19(25)11-14(2)23-24-20(26)12-15-4-7-17(27-3)8-5-15/h4-10H,11-12H2,1-3H3,(H,22,25)(H,24,26)/b23-14+. The zero-order valence-corrected chi connectivity index (χ0v) is 16.3. The van der Waals surface area contributed by atoms with Crippen LogP contribution in [0.4, 0.5) is 5.69 Å². The van der Waals surface area contributed by atoms with Gasteiger partial charge in [0.25, 0.3) is 0 Å². The number of ether oxygens (including phenoxy) is 1. The number of aryl methyl sites for hydroxylation is 1. The van der Waals surface area contributed by atoms with Gasteiger partial charge in [0.1, 0.15) is 5.75 Å². The second-order valence-electron chi connectivity index (χ2n) is 6.09. The fourth-order valence-electron chi connectivity index (χ4n) is 2.36. The molecule has 0 heterocycles. The molecule has 0 aliphatic heterocycles. The van der Waals surface area contributed by atoms with Crippen LogP contribution in [0, 0.1) is 6.92 Å². The van der Waals surface area contributed by atoms with E-state index in [-0.39, 0.29) is 24.7 Å². The van der Waals surface area contributed by atoms with Gasteiger partial charge in [-0.05, 0) is 55.3 Å². The number of halogens is 1. The molecule has 2 amide bonds. The highest BCUT2D eigenvalue weighted by Gasteiger charge is 2.08. The summed E-state index contributed by atoms with van der Waals surface area (Å²) in [7, 11) is 1.59. The largest absolute Gasteiger partial charge is 0.497 e. The highest BCUT2D eigenvalue weighted by atomic mass is 35.5. The van der Waals surface area contributed by atoms with Crippen LogP contribution in [-0.4, -0.2) is 24.6 Å². The molecule has 0 aliphatic carbocycles. The van der Waals surface area contributed by atoms with E-state index in [4.69, 9.17) is 16.3 Å². The van der Waals surface area contributed by atoms with E-state index in [1.807, 2.05) is 19.1 Å². The zero-order chi connectivity index (χ0) is 19.8. The van der Waals surface area contributed by atoms with Gasteiger partial charge in [-0.15, -0.1) is 0 Å². The molecule has 6 nitrogen and oxygen atoms in total. The Bertz CT molecular complexity index is 848. The van der Waals surface area contributed by atoms with E-state index in [1.54, 1.807) is 44.4 Å². The first kappa shape index (κ1) is 20.5. The van der Waals surface area contributed by atoms with Crippen LogP contribution in [0.25, 0.3) is 0 Å². The van der Waals surface area contributed by atoms with Gasteiger partial charge in [0.15, 0.2) is 0 Å². The van der Waals surface area contributed by atoms with E-state index in [2.05, 4.69) is 15.8 Å². The van der Waals surface area contributed by atoms with Crippen molar-refractivity contribution in [3.8, 4) is 5.75 Å². The van der Waals surface area contributed by atoms with Gasteiger partial charge in [-0.25, -0.2) is 5.43 Å². The molecule has 0 spiro atoms. The maximum atomic E-state index is 12.1. The lowest BCUT2D eigenvalue weighted by Crippen LogP contribution is -2.23. The van der Waals surface area contributed by atoms with Crippen LogP contribution in [0.2, 0.25) is 5.02 Å². The van der Waals surface area contributed by atoms with Crippen molar-refractivity contribution in [3.63, 3.8) is 0 Å². The molecule has 2 N–H and O–H groups in total. The number of nitrogens with one attached hydrogen (secondary N) is 2. The fraction of sp³-hybridized carbons (Fsp3) is 0.250. The predicted molar refractivity (Wildman–Crippen MR) is 107 cm³/mol. The summed E-state index contributed by atoms with van der Waals surface area (Å²) in [6.07, 6.45) is 0.266. The minimum atomic E-state index is -0.256. The summed E-state index contributed by atoms with van der Waals surface area (Å²) in [5, 5.41) is 7.40. The van der Waals surface area contributed by atoms with Crippen molar-refractivity contribution in [2.24, 2.45) is 5.10 Å². The SMILES string of the molecule is COc1ccc(CC(=O)N/N=C(\C)CC(=O)Nc2ccc(Cl)cc2C)cc1. The van der Waals surface area contributed by atoms with Crippen molar-refractivity contribution in [3.05, 3.63) is 58.6 Å². The molecule has 0 radical (unpaired) electrons. The third-order valence-corrected chi connectivity index (χ3v) is 4.01.